The molecule has 0 atom stereocenters. The highest BCUT2D eigenvalue weighted by atomic mass is 19.1. The number of carbonyl (C=O) groups is 2. The van der Waals surface area contributed by atoms with Crippen LogP contribution in [0.15, 0.2) is 18.3 Å². The van der Waals surface area contributed by atoms with Crippen molar-refractivity contribution in [3.8, 4) is 0 Å². The van der Waals surface area contributed by atoms with Gasteiger partial charge in [-0.1, -0.05) is 0 Å². The summed E-state index contributed by atoms with van der Waals surface area (Å²) >= 11 is 0. The Balaban J connectivity index is 2.64. The molecule has 6 heteroatoms. The summed E-state index contributed by atoms with van der Waals surface area (Å²) in [5.41, 5.74) is -0.0908. The molecule has 2 amide bonds. The van der Waals surface area contributed by atoms with Crippen LogP contribution in [0.4, 0.5) is 4.39 Å². The summed E-state index contributed by atoms with van der Waals surface area (Å²) in [7, 11) is 3.03. The Morgan fingerprint density at radius 2 is 2.24 bits per heavy atom. The van der Waals surface area contributed by atoms with Gasteiger partial charge in [0.05, 0.1) is 5.56 Å². The van der Waals surface area contributed by atoms with Crippen LogP contribution in [0.25, 0.3) is 0 Å². The van der Waals surface area contributed by atoms with Crippen LogP contribution in [-0.4, -0.2) is 42.3 Å². The highest BCUT2D eigenvalue weighted by Gasteiger charge is 2.16. The van der Waals surface area contributed by atoms with Crippen LogP contribution >= 0.6 is 0 Å². The summed E-state index contributed by atoms with van der Waals surface area (Å²) < 4.78 is 13.2. The van der Waals surface area contributed by atoms with Gasteiger partial charge in [-0.15, -0.1) is 0 Å². The maximum absolute atomic E-state index is 13.2. The van der Waals surface area contributed by atoms with E-state index in [-0.39, 0.29) is 24.4 Å². The van der Waals surface area contributed by atoms with Crippen molar-refractivity contribution < 1.29 is 14.0 Å². The normalized spacial score (nSPS) is 9.82. The number of carbonyl (C=O) groups excluding carboxylic acids is 2. The zero-order valence-corrected chi connectivity index (χ0v) is 9.74. The van der Waals surface area contributed by atoms with Gasteiger partial charge in [0.25, 0.3) is 5.91 Å². The van der Waals surface area contributed by atoms with Crippen molar-refractivity contribution in [2.75, 3.05) is 20.6 Å². The van der Waals surface area contributed by atoms with E-state index in [9.17, 15) is 14.0 Å². The first-order valence-corrected chi connectivity index (χ1v) is 5.12. The lowest BCUT2D eigenvalue weighted by Crippen LogP contribution is -2.32. The number of halogens is 1. The number of hydrogen-bond donors (Lipinski definition) is 1. The molecule has 92 valence electrons. The van der Waals surface area contributed by atoms with Crippen molar-refractivity contribution in [1.29, 1.82) is 0 Å². The van der Waals surface area contributed by atoms with E-state index in [0.29, 0.717) is 0 Å². The summed E-state index contributed by atoms with van der Waals surface area (Å²) in [5.74, 6) is -1.46. The van der Waals surface area contributed by atoms with E-state index in [1.165, 1.54) is 37.3 Å². The molecule has 5 nitrogen and oxygen atoms in total. The fourth-order valence-electron chi connectivity index (χ4n) is 1.25. The molecule has 0 aliphatic carbocycles. The minimum atomic E-state index is -0.802. The Morgan fingerprint density at radius 3 is 2.82 bits per heavy atom. The monoisotopic (exact) mass is 239 g/mol. The molecule has 0 bridgehead atoms. The third kappa shape index (κ3) is 3.51. The van der Waals surface area contributed by atoms with Gasteiger partial charge in [0, 0.05) is 33.3 Å². The third-order valence-corrected chi connectivity index (χ3v) is 2.29. The van der Waals surface area contributed by atoms with Crippen LogP contribution in [0, 0.1) is 5.95 Å². The van der Waals surface area contributed by atoms with Crippen molar-refractivity contribution >= 4 is 11.8 Å². The van der Waals surface area contributed by atoms with E-state index in [1.807, 2.05) is 0 Å². The van der Waals surface area contributed by atoms with E-state index in [4.69, 9.17) is 0 Å². The molecule has 0 unspecified atom stereocenters. The number of aromatic nitrogens is 1. The van der Waals surface area contributed by atoms with Gasteiger partial charge in [-0.2, -0.15) is 4.39 Å². The van der Waals surface area contributed by atoms with Crippen molar-refractivity contribution in [3.05, 3.63) is 29.8 Å². The van der Waals surface area contributed by atoms with E-state index in [2.05, 4.69) is 10.3 Å². The number of pyridine rings is 1. The first kappa shape index (κ1) is 13.1. The Labute approximate surface area is 98.6 Å². The molecule has 0 aliphatic rings. The molecule has 0 fully saturated rings. The minimum Gasteiger partial charge on any atom is -0.359 e. The summed E-state index contributed by atoms with van der Waals surface area (Å²) in [4.78, 5) is 27.5. The third-order valence-electron chi connectivity index (χ3n) is 2.29. The summed E-state index contributed by atoms with van der Waals surface area (Å²) in [6, 6.07) is 2.85. The predicted octanol–water partition coefficient (Wildman–Crippen LogP) is 0.429. The second kappa shape index (κ2) is 5.93. The SMILES string of the molecule is CNC(=O)CCN(C)C(=O)c1cccnc1F. The standard InChI is InChI=1S/C11H14FN3O2/c1-13-9(16)5-7-15(2)11(17)8-4-3-6-14-10(8)12/h3-4,6H,5,7H2,1-2H3,(H,13,16). The molecule has 0 saturated heterocycles. The number of amides is 2. The van der Waals surface area contributed by atoms with E-state index < -0.39 is 11.9 Å². The highest BCUT2D eigenvalue weighted by molar-refractivity contribution is 5.94. The molecule has 0 aliphatic heterocycles. The number of hydrogen-bond acceptors (Lipinski definition) is 3. The van der Waals surface area contributed by atoms with Crippen LogP contribution in [-0.2, 0) is 4.79 Å². The fraction of sp³-hybridized carbons (Fsp3) is 0.364. The van der Waals surface area contributed by atoms with Crippen molar-refractivity contribution in [2.24, 2.45) is 0 Å². The predicted molar refractivity (Wildman–Crippen MR) is 59.8 cm³/mol. The zero-order valence-electron chi connectivity index (χ0n) is 9.74. The fourth-order valence-corrected chi connectivity index (χ4v) is 1.25. The van der Waals surface area contributed by atoms with E-state index in [0.717, 1.165) is 0 Å². The van der Waals surface area contributed by atoms with Gasteiger partial charge in [0.1, 0.15) is 0 Å². The molecule has 1 heterocycles. The van der Waals surface area contributed by atoms with Gasteiger partial charge in [0.15, 0.2) is 0 Å². The van der Waals surface area contributed by atoms with Gasteiger partial charge >= 0.3 is 0 Å². The Morgan fingerprint density at radius 1 is 1.53 bits per heavy atom. The van der Waals surface area contributed by atoms with Crippen LogP contribution in [0.2, 0.25) is 0 Å². The topological polar surface area (TPSA) is 62.3 Å². The minimum absolute atomic E-state index is 0.0908. The van der Waals surface area contributed by atoms with Crippen LogP contribution in [0.5, 0.6) is 0 Å². The van der Waals surface area contributed by atoms with Crippen molar-refractivity contribution in [2.45, 2.75) is 6.42 Å². The van der Waals surface area contributed by atoms with Gasteiger partial charge in [-0.05, 0) is 12.1 Å². The second-order valence-electron chi connectivity index (χ2n) is 3.49. The molecule has 0 radical (unpaired) electrons. The molecule has 1 aromatic heterocycles. The number of rotatable bonds is 4. The van der Waals surface area contributed by atoms with Crippen molar-refractivity contribution in [1.82, 2.24) is 15.2 Å². The maximum Gasteiger partial charge on any atom is 0.258 e. The van der Waals surface area contributed by atoms with Crippen LogP contribution in [0.3, 0.4) is 0 Å². The zero-order chi connectivity index (χ0) is 12.8. The first-order chi connectivity index (χ1) is 8.06. The van der Waals surface area contributed by atoms with Gasteiger partial charge < -0.3 is 10.2 Å². The lowest BCUT2D eigenvalue weighted by atomic mass is 10.2. The van der Waals surface area contributed by atoms with Crippen molar-refractivity contribution in [3.63, 3.8) is 0 Å². The van der Waals surface area contributed by atoms with Crippen LogP contribution in [0.1, 0.15) is 16.8 Å². The Bertz CT molecular complexity index is 423. The quantitative estimate of drug-likeness (QED) is 0.775. The molecular formula is C11H14FN3O2. The number of nitrogens with one attached hydrogen (secondary N) is 1. The van der Waals surface area contributed by atoms with Gasteiger partial charge in [0.2, 0.25) is 11.9 Å². The average molecular weight is 239 g/mol. The average Bonchev–Trinajstić information content (AvgIpc) is 2.35. The lowest BCUT2D eigenvalue weighted by molar-refractivity contribution is -0.120. The first-order valence-electron chi connectivity index (χ1n) is 5.12. The van der Waals surface area contributed by atoms with E-state index in [1.54, 1.807) is 0 Å². The Kier molecular flexibility index (Phi) is 4.56. The van der Waals surface area contributed by atoms with Gasteiger partial charge in [-0.3, -0.25) is 9.59 Å². The molecule has 0 saturated carbocycles. The largest absolute Gasteiger partial charge is 0.359 e. The molecule has 1 rings (SSSR count). The molecule has 0 aromatic carbocycles. The summed E-state index contributed by atoms with van der Waals surface area (Å²) in [6.45, 7) is 0.229. The Hall–Kier alpha value is -1.98. The lowest BCUT2D eigenvalue weighted by Gasteiger charge is -2.16. The summed E-state index contributed by atoms with van der Waals surface area (Å²) in [5, 5.41) is 2.45. The van der Waals surface area contributed by atoms with Gasteiger partial charge in [-0.25, -0.2) is 4.98 Å². The van der Waals surface area contributed by atoms with E-state index >= 15 is 0 Å². The second-order valence-corrected chi connectivity index (χ2v) is 3.49. The maximum atomic E-state index is 13.2. The molecule has 17 heavy (non-hydrogen) atoms. The highest BCUT2D eigenvalue weighted by Crippen LogP contribution is 2.06. The molecule has 1 N–H and O–H groups in total. The molecular weight excluding hydrogens is 225 g/mol. The molecule has 0 spiro atoms. The summed E-state index contributed by atoms with van der Waals surface area (Å²) in [6.07, 6.45) is 1.46. The smallest absolute Gasteiger partial charge is 0.258 e. The number of nitrogens with zero attached hydrogens (tertiary/aromatic N) is 2. The van der Waals surface area contributed by atoms with Crippen LogP contribution < -0.4 is 5.32 Å². The molecule has 1 aromatic rings.